The van der Waals surface area contributed by atoms with Gasteiger partial charge in [0, 0.05) is 12.6 Å². The molecule has 0 atom stereocenters. The van der Waals surface area contributed by atoms with Gasteiger partial charge in [0.25, 0.3) is 0 Å². The summed E-state index contributed by atoms with van der Waals surface area (Å²) in [5, 5.41) is 3.08. The first-order valence-electron chi connectivity index (χ1n) is 5.24. The number of anilines is 1. The minimum Gasteiger partial charge on any atom is -0.370 e. The van der Waals surface area contributed by atoms with Gasteiger partial charge in [-0.25, -0.2) is 9.97 Å². The molecule has 0 unspecified atom stereocenters. The van der Waals surface area contributed by atoms with Gasteiger partial charge in [0.1, 0.15) is 12.1 Å². The van der Waals surface area contributed by atoms with Crippen molar-refractivity contribution < 1.29 is 4.39 Å². The Morgan fingerprint density at radius 3 is 3.07 bits per heavy atom. The third-order valence-corrected chi connectivity index (χ3v) is 2.52. The smallest absolute Gasteiger partial charge is 0.217 e. The Morgan fingerprint density at radius 2 is 2.33 bits per heavy atom. The molecule has 0 spiro atoms. The summed E-state index contributed by atoms with van der Waals surface area (Å²) < 4.78 is 12.7. The van der Waals surface area contributed by atoms with Crippen LogP contribution in [0.5, 0.6) is 0 Å². The van der Waals surface area contributed by atoms with E-state index in [0.717, 1.165) is 13.0 Å². The van der Waals surface area contributed by atoms with Crippen molar-refractivity contribution in [3.63, 3.8) is 0 Å². The Bertz CT molecular complexity index is 363. The molecule has 0 saturated heterocycles. The third kappa shape index (κ3) is 3.01. The van der Waals surface area contributed by atoms with Crippen LogP contribution in [0.3, 0.4) is 0 Å². The Balaban J connectivity index is 1.78. The summed E-state index contributed by atoms with van der Waals surface area (Å²) in [7, 11) is 0. The second-order valence-electron chi connectivity index (χ2n) is 3.66. The van der Waals surface area contributed by atoms with E-state index in [1.54, 1.807) is 0 Å². The van der Waals surface area contributed by atoms with Crippen LogP contribution in [0.1, 0.15) is 25.7 Å². The van der Waals surface area contributed by atoms with Gasteiger partial charge in [-0.05, 0) is 25.7 Å². The van der Waals surface area contributed by atoms with E-state index in [9.17, 15) is 4.39 Å². The maximum atomic E-state index is 12.7. The van der Waals surface area contributed by atoms with Gasteiger partial charge >= 0.3 is 0 Å². The second-order valence-corrected chi connectivity index (χ2v) is 3.66. The summed E-state index contributed by atoms with van der Waals surface area (Å²) in [6, 6.07) is 1.31. The van der Waals surface area contributed by atoms with Crippen molar-refractivity contribution in [2.75, 3.05) is 11.9 Å². The molecule has 1 N–H and O–H groups in total. The molecular formula is C11H14FN3. The van der Waals surface area contributed by atoms with Crippen LogP contribution in [0.25, 0.3) is 0 Å². The topological polar surface area (TPSA) is 37.8 Å². The fourth-order valence-corrected chi connectivity index (χ4v) is 1.75. The lowest BCUT2D eigenvalue weighted by Crippen LogP contribution is -2.04. The Morgan fingerprint density at radius 1 is 1.40 bits per heavy atom. The molecule has 3 nitrogen and oxygen atoms in total. The van der Waals surface area contributed by atoms with Crippen molar-refractivity contribution in [1.82, 2.24) is 9.97 Å². The average Bonchev–Trinajstić information content (AvgIpc) is 2.71. The Hall–Kier alpha value is -1.45. The highest BCUT2D eigenvalue weighted by atomic mass is 19.1. The molecule has 0 amide bonds. The Kier molecular flexibility index (Phi) is 3.27. The number of rotatable bonds is 4. The first-order valence-corrected chi connectivity index (χ1v) is 5.24. The van der Waals surface area contributed by atoms with Crippen molar-refractivity contribution in [3.8, 4) is 0 Å². The van der Waals surface area contributed by atoms with Crippen LogP contribution in [0.4, 0.5) is 10.2 Å². The maximum absolute atomic E-state index is 12.7. The number of nitrogens with zero attached hydrogens (tertiary/aromatic N) is 2. The zero-order chi connectivity index (χ0) is 10.5. The molecule has 1 aliphatic rings. The highest BCUT2D eigenvalue weighted by Crippen LogP contribution is 2.20. The molecule has 1 aromatic heterocycles. The molecule has 1 heterocycles. The standard InChI is InChI=1S/C11H14FN3/c12-10-7-11(15-8-14-10)13-6-5-9-3-1-2-4-9/h3,7-8H,1-2,4-6H2,(H,13,14,15). The largest absolute Gasteiger partial charge is 0.370 e. The van der Waals surface area contributed by atoms with E-state index in [-0.39, 0.29) is 0 Å². The van der Waals surface area contributed by atoms with E-state index < -0.39 is 5.95 Å². The minimum atomic E-state index is -0.493. The highest BCUT2D eigenvalue weighted by molar-refractivity contribution is 5.32. The van der Waals surface area contributed by atoms with Gasteiger partial charge in [0.05, 0.1) is 0 Å². The van der Waals surface area contributed by atoms with Crippen LogP contribution in [0.15, 0.2) is 24.0 Å². The molecule has 0 aromatic carbocycles. The zero-order valence-corrected chi connectivity index (χ0v) is 8.54. The molecule has 15 heavy (non-hydrogen) atoms. The number of nitrogens with one attached hydrogen (secondary N) is 1. The van der Waals surface area contributed by atoms with E-state index in [1.807, 2.05) is 0 Å². The molecule has 2 rings (SSSR count). The fourth-order valence-electron chi connectivity index (χ4n) is 1.75. The van der Waals surface area contributed by atoms with Crippen molar-refractivity contribution in [1.29, 1.82) is 0 Å². The molecule has 1 aliphatic carbocycles. The summed E-state index contributed by atoms with van der Waals surface area (Å²) in [4.78, 5) is 7.32. The summed E-state index contributed by atoms with van der Waals surface area (Å²) in [6.45, 7) is 0.808. The van der Waals surface area contributed by atoms with E-state index >= 15 is 0 Å². The average molecular weight is 207 g/mol. The molecule has 80 valence electrons. The van der Waals surface area contributed by atoms with E-state index in [1.165, 1.54) is 37.2 Å². The van der Waals surface area contributed by atoms with Gasteiger partial charge in [0.2, 0.25) is 5.95 Å². The molecule has 0 fully saturated rings. The highest BCUT2D eigenvalue weighted by Gasteiger charge is 2.04. The monoisotopic (exact) mass is 207 g/mol. The quantitative estimate of drug-likeness (QED) is 0.609. The SMILES string of the molecule is Fc1cc(NCCC2=CCCC2)ncn1. The predicted octanol–water partition coefficient (Wildman–Crippen LogP) is 2.53. The summed E-state index contributed by atoms with van der Waals surface area (Å²) in [5.41, 5.74) is 1.50. The van der Waals surface area contributed by atoms with E-state index in [0.29, 0.717) is 5.82 Å². The van der Waals surface area contributed by atoms with Crippen LogP contribution < -0.4 is 5.32 Å². The van der Waals surface area contributed by atoms with Gasteiger partial charge in [-0.15, -0.1) is 0 Å². The second kappa shape index (κ2) is 4.87. The molecule has 1 aromatic rings. The van der Waals surface area contributed by atoms with Crippen LogP contribution in [-0.4, -0.2) is 16.5 Å². The lowest BCUT2D eigenvalue weighted by atomic mass is 10.2. The van der Waals surface area contributed by atoms with Gasteiger partial charge < -0.3 is 5.32 Å². The number of allylic oxidation sites excluding steroid dienone is 1. The van der Waals surface area contributed by atoms with Crippen molar-refractivity contribution in [2.24, 2.45) is 0 Å². The summed E-state index contributed by atoms with van der Waals surface area (Å²) in [5.74, 6) is 0.0636. The maximum Gasteiger partial charge on any atom is 0.217 e. The van der Waals surface area contributed by atoms with Crippen molar-refractivity contribution >= 4 is 5.82 Å². The summed E-state index contributed by atoms with van der Waals surface area (Å²) in [6.07, 6.45) is 8.23. The molecule has 0 saturated carbocycles. The molecule has 0 bridgehead atoms. The molecule has 0 aliphatic heterocycles. The first kappa shape index (κ1) is 10.1. The van der Waals surface area contributed by atoms with Gasteiger partial charge in [-0.2, -0.15) is 4.39 Å². The number of hydrogen-bond donors (Lipinski definition) is 1. The lowest BCUT2D eigenvalue weighted by molar-refractivity contribution is 0.580. The fraction of sp³-hybridized carbons (Fsp3) is 0.455. The van der Waals surface area contributed by atoms with Crippen LogP contribution in [0.2, 0.25) is 0 Å². The lowest BCUT2D eigenvalue weighted by Gasteiger charge is -2.05. The number of hydrogen-bond acceptors (Lipinski definition) is 3. The number of aromatic nitrogens is 2. The predicted molar refractivity (Wildman–Crippen MR) is 57.0 cm³/mol. The summed E-state index contributed by atoms with van der Waals surface area (Å²) >= 11 is 0. The van der Waals surface area contributed by atoms with Gasteiger partial charge in [-0.1, -0.05) is 11.6 Å². The van der Waals surface area contributed by atoms with Crippen molar-refractivity contribution in [3.05, 3.63) is 30.0 Å². The molecular weight excluding hydrogens is 193 g/mol. The third-order valence-electron chi connectivity index (χ3n) is 2.52. The van der Waals surface area contributed by atoms with Crippen LogP contribution >= 0.6 is 0 Å². The molecule has 4 heteroatoms. The minimum absolute atomic E-state index is 0.493. The van der Waals surface area contributed by atoms with Crippen molar-refractivity contribution in [2.45, 2.75) is 25.7 Å². The van der Waals surface area contributed by atoms with E-state index in [4.69, 9.17) is 0 Å². The van der Waals surface area contributed by atoms with Gasteiger partial charge in [-0.3, -0.25) is 0 Å². The van der Waals surface area contributed by atoms with E-state index in [2.05, 4.69) is 21.4 Å². The van der Waals surface area contributed by atoms with Crippen LogP contribution in [-0.2, 0) is 0 Å². The van der Waals surface area contributed by atoms with Gasteiger partial charge in [0.15, 0.2) is 0 Å². The number of halogens is 1. The van der Waals surface area contributed by atoms with Crippen LogP contribution in [0, 0.1) is 5.95 Å². The first-order chi connectivity index (χ1) is 7.34. The Labute approximate surface area is 88.4 Å². The molecule has 0 radical (unpaired) electrons. The zero-order valence-electron chi connectivity index (χ0n) is 8.54. The normalized spacial score (nSPS) is 15.1.